The van der Waals surface area contributed by atoms with E-state index in [0.717, 1.165) is 0 Å². The highest BCUT2D eigenvalue weighted by Gasteiger charge is 2.47. The van der Waals surface area contributed by atoms with Crippen LogP contribution in [0.3, 0.4) is 0 Å². The number of ether oxygens (including phenoxy) is 1. The molecule has 1 aliphatic heterocycles. The van der Waals surface area contributed by atoms with E-state index in [-0.39, 0.29) is 0 Å². The predicted molar refractivity (Wildman–Crippen MR) is 93.9 cm³/mol. The number of nitrogens with one attached hydrogen (secondary N) is 1. The summed E-state index contributed by atoms with van der Waals surface area (Å²) in [5.41, 5.74) is -0.905. The van der Waals surface area contributed by atoms with E-state index in [4.69, 9.17) is 14.4 Å². The van der Waals surface area contributed by atoms with E-state index in [9.17, 15) is 33.6 Å². The van der Waals surface area contributed by atoms with Gasteiger partial charge in [-0.15, -0.1) is 0 Å². The van der Waals surface area contributed by atoms with Crippen molar-refractivity contribution in [3.63, 3.8) is 0 Å². The van der Waals surface area contributed by atoms with Crippen LogP contribution in [-0.2, 0) is 22.9 Å². The standard InChI is InChI=1S/C13H22N2O11P2/c1-8-4-15(13(19)14-12(8)18)11-3-2-10(26-11)7-25-28(23,27(20,21)22)24-6-9(17)5-16/h4,9-11,16-17H,2-3,5-7H2,1H3,(H,14,18,19)(H2,20,21,22)/t9?,10-,11+,28?/m0/s1. The highest BCUT2D eigenvalue weighted by atomic mass is 32.1. The molecule has 0 aliphatic carbocycles. The number of aliphatic hydroxyl groups excluding tert-OH is 2. The fourth-order valence-electron chi connectivity index (χ4n) is 2.41. The van der Waals surface area contributed by atoms with Crippen LogP contribution in [0.15, 0.2) is 15.8 Å². The van der Waals surface area contributed by atoms with Gasteiger partial charge in [-0.2, -0.15) is 0 Å². The van der Waals surface area contributed by atoms with E-state index in [0.29, 0.717) is 18.4 Å². The molecule has 0 amide bonds. The topological polar surface area (TPSA) is 198 Å². The molecule has 0 saturated carbocycles. The summed E-state index contributed by atoms with van der Waals surface area (Å²) in [5.74, 6) is 0. The Morgan fingerprint density at radius 3 is 2.61 bits per heavy atom. The van der Waals surface area contributed by atoms with Gasteiger partial charge in [0, 0.05) is 11.8 Å². The van der Waals surface area contributed by atoms with Crippen molar-refractivity contribution < 1.29 is 42.9 Å². The first-order chi connectivity index (χ1) is 13.0. The van der Waals surface area contributed by atoms with Crippen molar-refractivity contribution >= 4 is 14.6 Å². The Bertz CT molecular complexity index is 891. The Hall–Kier alpha value is -1.14. The highest BCUT2D eigenvalue weighted by Crippen LogP contribution is 2.78. The summed E-state index contributed by atoms with van der Waals surface area (Å²) < 4.78 is 40.0. The zero-order valence-corrected chi connectivity index (χ0v) is 16.6. The van der Waals surface area contributed by atoms with Gasteiger partial charge in [0.25, 0.3) is 5.56 Å². The third-order valence-corrected chi connectivity index (χ3v) is 8.12. The monoisotopic (exact) mass is 444 g/mol. The predicted octanol–water partition coefficient (Wildman–Crippen LogP) is -0.805. The van der Waals surface area contributed by atoms with Crippen molar-refractivity contribution in [2.24, 2.45) is 0 Å². The molecule has 5 N–H and O–H groups in total. The number of H-pyrrole nitrogens is 1. The number of hydrogen-bond acceptors (Lipinski definition) is 9. The summed E-state index contributed by atoms with van der Waals surface area (Å²) in [6.45, 7) is -0.565. The molecular formula is C13H22N2O11P2. The van der Waals surface area contributed by atoms with Crippen molar-refractivity contribution in [3.05, 3.63) is 32.6 Å². The van der Waals surface area contributed by atoms with Crippen LogP contribution in [0.4, 0.5) is 0 Å². The van der Waals surface area contributed by atoms with Gasteiger partial charge in [-0.25, -0.2) is 13.9 Å². The average Bonchev–Trinajstić information content (AvgIpc) is 3.08. The van der Waals surface area contributed by atoms with Gasteiger partial charge < -0.3 is 24.7 Å². The zero-order chi connectivity index (χ0) is 21.1. The van der Waals surface area contributed by atoms with Crippen molar-refractivity contribution in [1.82, 2.24) is 9.55 Å². The first kappa shape index (κ1) is 23.1. The fraction of sp³-hybridized carbons (Fsp3) is 0.692. The van der Waals surface area contributed by atoms with Crippen LogP contribution in [0, 0.1) is 6.92 Å². The van der Waals surface area contributed by atoms with Gasteiger partial charge >= 0.3 is 20.3 Å². The largest absolute Gasteiger partial charge is 0.441 e. The van der Waals surface area contributed by atoms with Crippen LogP contribution in [0.2, 0.25) is 0 Å². The quantitative estimate of drug-likeness (QED) is 0.299. The molecule has 0 bridgehead atoms. The molecule has 2 unspecified atom stereocenters. The molecule has 13 nitrogen and oxygen atoms in total. The van der Waals surface area contributed by atoms with Gasteiger partial charge in [-0.1, -0.05) is 0 Å². The van der Waals surface area contributed by atoms with Crippen LogP contribution in [-0.4, -0.2) is 61.6 Å². The lowest BCUT2D eigenvalue weighted by Crippen LogP contribution is -2.33. The fourth-order valence-corrected chi connectivity index (χ4v) is 4.80. The Labute approximate surface area is 158 Å². The van der Waals surface area contributed by atoms with Gasteiger partial charge in [0.2, 0.25) is 0 Å². The molecule has 15 heteroatoms. The molecule has 1 saturated heterocycles. The molecule has 1 aromatic rings. The minimum atomic E-state index is -5.34. The molecule has 1 aliphatic rings. The highest BCUT2D eigenvalue weighted by molar-refractivity contribution is 8.26. The number of aryl methyl sites for hydroxylation is 1. The number of hydrogen-bond donors (Lipinski definition) is 5. The molecule has 0 aromatic carbocycles. The summed E-state index contributed by atoms with van der Waals surface area (Å²) in [4.78, 5) is 44.0. The van der Waals surface area contributed by atoms with Crippen molar-refractivity contribution in [2.45, 2.75) is 38.2 Å². The van der Waals surface area contributed by atoms with E-state index in [1.54, 1.807) is 0 Å². The first-order valence-corrected chi connectivity index (χ1v) is 12.0. The molecule has 1 fully saturated rings. The van der Waals surface area contributed by atoms with Gasteiger partial charge in [0.1, 0.15) is 12.3 Å². The Kier molecular flexibility index (Phi) is 7.54. The summed E-state index contributed by atoms with van der Waals surface area (Å²) in [5, 5.41) is 17.9. The van der Waals surface area contributed by atoms with Crippen LogP contribution in [0.25, 0.3) is 0 Å². The van der Waals surface area contributed by atoms with Gasteiger partial charge in [0.05, 0.1) is 25.9 Å². The Morgan fingerprint density at radius 1 is 1.32 bits per heavy atom. The maximum Gasteiger partial charge on any atom is 0.441 e. The average molecular weight is 444 g/mol. The SMILES string of the molecule is Cc1cn([C@H]2CC[C@@H](COP(=O)(OCC(O)CO)P(=O)(O)O)O2)c(=O)[nH]c1=O. The summed E-state index contributed by atoms with van der Waals surface area (Å²) in [6.07, 6.45) is -1.02. The zero-order valence-electron chi connectivity index (χ0n) is 14.8. The molecule has 1 aromatic heterocycles. The number of aliphatic hydroxyl groups is 2. The lowest BCUT2D eigenvalue weighted by Gasteiger charge is -2.22. The molecule has 160 valence electrons. The Morgan fingerprint density at radius 2 is 2.00 bits per heavy atom. The number of aromatic nitrogens is 2. The number of rotatable bonds is 9. The van der Waals surface area contributed by atoms with Crippen LogP contribution in [0.5, 0.6) is 0 Å². The van der Waals surface area contributed by atoms with Crippen LogP contribution < -0.4 is 11.2 Å². The van der Waals surface area contributed by atoms with E-state index < -0.39 is 64.1 Å². The maximum atomic E-state index is 12.3. The van der Waals surface area contributed by atoms with E-state index >= 15 is 0 Å². The first-order valence-electron chi connectivity index (χ1n) is 8.18. The van der Waals surface area contributed by atoms with Gasteiger partial charge in [-0.05, 0) is 19.8 Å². The summed E-state index contributed by atoms with van der Waals surface area (Å²) >= 11 is 0. The van der Waals surface area contributed by atoms with E-state index in [1.165, 1.54) is 17.7 Å². The second-order valence-electron chi connectivity index (χ2n) is 6.18. The van der Waals surface area contributed by atoms with Crippen molar-refractivity contribution in [2.75, 3.05) is 19.8 Å². The van der Waals surface area contributed by atoms with Gasteiger partial charge in [-0.3, -0.25) is 23.4 Å². The molecule has 2 heterocycles. The summed E-state index contributed by atoms with van der Waals surface area (Å²) in [7, 11) is -10.3. The third-order valence-electron chi connectivity index (χ3n) is 3.92. The molecule has 28 heavy (non-hydrogen) atoms. The van der Waals surface area contributed by atoms with Crippen LogP contribution in [0.1, 0.15) is 24.6 Å². The van der Waals surface area contributed by atoms with Crippen molar-refractivity contribution in [1.29, 1.82) is 0 Å². The van der Waals surface area contributed by atoms with E-state index in [2.05, 4.69) is 9.51 Å². The maximum absolute atomic E-state index is 12.3. The normalized spacial score (nSPS) is 23.5. The van der Waals surface area contributed by atoms with Crippen LogP contribution >= 0.6 is 14.6 Å². The minimum absolute atomic E-state index is 0.296. The molecule has 0 radical (unpaired) electrons. The molecule has 2 rings (SSSR count). The lowest BCUT2D eigenvalue weighted by molar-refractivity contribution is -0.0234. The second kappa shape index (κ2) is 9.12. The number of nitrogens with zero attached hydrogens (tertiary/aromatic N) is 1. The minimum Gasteiger partial charge on any atom is -0.394 e. The third kappa shape index (κ3) is 5.47. The van der Waals surface area contributed by atoms with Gasteiger partial charge in [0.15, 0.2) is 0 Å². The van der Waals surface area contributed by atoms with E-state index in [1.807, 2.05) is 0 Å². The second-order valence-corrected chi connectivity index (χ2v) is 11.7. The molecule has 0 spiro atoms. The Balaban J connectivity index is 2.03. The molecular weight excluding hydrogens is 422 g/mol. The van der Waals surface area contributed by atoms with Crippen molar-refractivity contribution in [3.8, 4) is 0 Å². The lowest BCUT2D eigenvalue weighted by atomic mass is 10.2. The summed E-state index contributed by atoms with van der Waals surface area (Å²) in [6, 6.07) is 0. The molecule has 4 atom stereocenters. The smallest absolute Gasteiger partial charge is 0.394 e. The number of aromatic amines is 1.